The third-order valence-corrected chi connectivity index (χ3v) is 4.35. The molecule has 1 aliphatic rings. The van der Waals surface area contributed by atoms with E-state index < -0.39 is 5.97 Å². The first-order valence-corrected chi connectivity index (χ1v) is 7.82. The number of halogens is 2. The monoisotopic (exact) mass is 348 g/mol. The number of benzene rings is 2. The van der Waals surface area contributed by atoms with Crippen molar-refractivity contribution in [2.24, 2.45) is 0 Å². The Labute approximate surface area is 143 Å². The van der Waals surface area contributed by atoms with E-state index in [1.807, 2.05) is 6.08 Å². The van der Waals surface area contributed by atoms with Crippen molar-refractivity contribution in [3.8, 4) is 11.5 Å². The second kappa shape index (κ2) is 5.91. The zero-order chi connectivity index (χ0) is 16.7. The molecule has 118 valence electrons. The van der Waals surface area contributed by atoms with E-state index in [9.17, 15) is 9.90 Å². The second-order valence-electron chi connectivity index (χ2n) is 5.53. The number of carbonyl (C=O) groups excluding carboxylic acids is 1. The molecule has 5 heteroatoms. The summed E-state index contributed by atoms with van der Waals surface area (Å²) in [4.78, 5) is 12.0. The van der Waals surface area contributed by atoms with Crippen LogP contribution in [-0.4, -0.2) is 11.1 Å². The molecule has 0 unspecified atom stereocenters. The van der Waals surface area contributed by atoms with Gasteiger partial charge < -0.3 is 9.84 Å². The fourth-order valence-corrected chi connectivity index (χ4v) is 3.06. The van der Waals surface area contributed by atoms with Gasteiger partial charge in [0.1, 0.15) is 11.5 Å². The van der Waals surface area contributed by atoms with E-state index in [1.54, 1.807) is 25.1 Å². The van der Waals surface area contributed by atoms with Gasteiger partial charge in [-0.1, -0.05) is 35.9 Å². The minimum Gasteiger partial charge on any atom is -0.507 e. The van der Waals surface area contributed by atoms with E-state index in [0.717, 1.165) is 5.56 Å². The van der Waals surface area contributed by atoms with Gasteiger partial charge >= 0.3 is 5.97 Å². The van der Waals surface area contributed by atoms with Crippen molar-refractivity contribution in [2.75, 3.05) is 0 Å². The Balaban J connectivity index is 2.31. The van der Waals surface area contributed by atoms with Crippen molar-refractivity contribution in [3.63, 3.8) is 0 Å². The van der Waals surface area contributed by atoms with Gasteiger partial charge in [-0.15, -0.1) is 0 Å². The third-order valence-electron chi connectivity index (χ3n) is 3.82. The molecular weight excluding hydrogens is 335 g/mol. The van der Waals surface area contributed by atoms with E-state index >= 15 is 0 Å². The Morgan fingerprint density at radius 3 is 2.70 bits per heavy atom. The molecule has 3 nitrogen and oxygen atoms in total. The standard InChI is InChI=1S/C18H14Cl2O3/c1-9(2)18(22)23-17-13-6-4-10(19)7-14(13)16(21)12-5-3-11(20)8-15(12)17/h3-4,6-7,21H,1,5,8H2,2H3. The Hall–Kier alpha value is -1.97. The highest BCUT2D eigenvalue weighted by Gasteiger charge is 2.24. The Morgan fingerprint density at radius 2 is 2.00 bits per heavy atom. The molecule has 0 amide bonds. The van der Waals surface area contributed by atoms with Gasteiger partial charge in [-0.05, 0) is 31.5 Å². The van der Waals surface area contributed by atoms with Crippen molar-refractivity contribution in [2.45, 2.75) is 19.8 Å². The highest BCUT2D eigenvalue weighted by molar-refractivity contribution is 6.31. The van der Waals surface area contributed by atoms with Crippen LogP contribution >= 0.6 is 23.2 Å². The molecule has 0 atom stereocenters. The molecule has 0 saturated heterocycles. The van der Waals surface area contributed by atoms with Crippen molar-refractivity contribution in [1.82, 2.24) is 0 Å². The summed E-state index contributed by atoms with van der Waals surface area (Å²) in [7, 11) is 0. The van der Waals surface area contributed by atoms with Crippen LogP contribution < -0.4 is 4.74 Å². The lowest BCUT2D eigenvalue weighted by molar-refractivity contribution is -0.130. The van der Waals surface area contributed by atoms with Crippen molar-refractivity contribution >= 4 is 39.9 Å². The largest absolute Gasteiger partial charge is 0.507 e. The Kier molecular flexibility index (Phi) is 4.09. The summed E-state index contributed by atoms with van der Waals surface area (Å²) < 4.78 is 5.55. The van der Waals surface area contributed by atoms with Gasteiger partial charge in [0.25, 0.3) is 0 Å². The van der Waals surface area contributed by atoms with Crippen LogP contribution in [0.5, 0.6) is 11.5 Å². The van der Waals surface area contributed by atoms with Crippen LogP contribution in [0, 0.1) is 0 Å². The van der Waals surface area contributed by atoms with E-state index in [1.165, 1.54) is 0 Å². The van der Waals surface area contributed by atoms with Crippen LogP contribution in [0.1, 0.15) is 18.1 Å². The lowest BCUT2D eigenvalue weighted by Crippen LogP contribution is -2.13. The molecule has 0 radical (unpaired) electrons. The predicted molar refractivity (Wildman–Crippen MR) is 92.4 cm³/mol. The number of hydrogen-bond donors (Lipinski definition) is 1. The number of carbonyl (C=O) groups is 1. The number of aromatic hydroxyl groups is 1. The maximum atomic E-state index is 12.0. The SMILES string of the molecule is C=C(C)C(=O)Oc1c2c(c(O)c3cc(Cl)ccc13)CC=C(Cl)C2. The lowest BCUT2D eigenvalue weighted by atomic mass is 9.90. The van der Waals surface area contributed by atoms with E-state index in [4.69, 9.17) is 27.9 Å². The summed E-state index contributed by atoms with van der Waals surface area (Å²) >= 11 is 12.2. The van der Waals surface area contributed by atoms with Crippen LogP contribution in [0.25, 0.3) is 10.8 Å². The Morgan fingerprint density at radius 1 is 1.26 bits per heavy atom. The van der Waals surface area contributed by atoms with Crippen molar-refractivity contribution < 1.29 is 14.6 Å². The number of rotatable bonds is 2. The number of phenolic OH excluding ortho intramolecular Hbond substituents is 1. The molecule has 23 heavy (non-hydrogen) atoms. The number of fused-ring (bicyclic) bond motifs is 2. The zero-order valence-electron chi connectivity index (χ0n) is 12.5. The highest BCUT2D eigenvalue weighted by Crippen LogP contribution is 2.44. The smallest absolute Gasteiger partial charge is 0.338 e. The molecule has 1 N–H and O–H groups in total. The summed E-state index contributed by atoms with van der Waals surface area (Å²) in [5.41, 5.74) is 1.72. The normalized spacial score (nSPS) is 13.4. The number of ether oxygens (including phenoxy) is 1. The van der Waals surface area contributed by atoms with E-state index in [2.05, 4.69) is 6.58 Å². The number of phenols is 1. The molecule has 0 saturated carbocycles. The first kappa shape index (κ1) is 15.9. The summed E-state index contributed by atoms with van der Waals surface area (Å²) in [5.74, 6) is 0.0385. The molecule has 0 heterocycles. The van der Waals surface area contributed by atoms with Crippen LogP contribution in [0.3, 0.4) is 0 Å². The first-order valence-electron chi connectivity index (χ1n) is 7.06. The second-order valence-corrected chi connectivity index (χ2v) is 6.45. The zero-order valence-corrected chi connectivity index (χ0v) is 14.0. The molecular formula is C18H14Cl2O3. The van der Waals surface area contributed by atoms with Crippen LogP contribution in [0.2, 0.25) is 5.02 Å². The average molecular weight is 349 g/mol. The summed E-state index contributed by atoms with van der Waals surface area (Å²) in [6, 6.07) is 5.07. The van der Waals surface area contributed by atoms with Crippen LogP contribution in [0.4, 0.5) is 0 Å². The topological polar surface area (TPSA) is 46.5 Å². The van der Waals surface area contributed by atoms with Crippen molar-refractivity contribution in [1.29, 1.82) is 0 Å². The minimum atomic E-state index is -0.514. The van der Waals surface area contributed by atoms with E-state index in [-0.39, 0.29) is 5.75 Å². The number of esters is 1. The summed E-state index contributed by atoms with van der Waals surface area (Å²) in [5, 5.41) is 12.9. The maximum Gasteiger partial charge on any atom is 0.338 e. The molecule has 0 aliphatic heterocycles. The van der Waals surface area contributed by atoms with Gasteiger partial charge in [-0.3, -0.25) is 0 Å². The van der Waals surface area contributed by atoms with Gasteiger partial charge in [0.15, 0.2) is 0 Å². The van der Waals surface area contributed by atoms with Gasteiger partial charge in [-0.25, -0.2) is 4.79 Å². The first-order chi connectivity index (χ1) is 10.9. The number of allylic oxidation sites excluding steroid dienone is 2. The maximum absolute atomic E-state index is 12.0. The molecule has 0 aromatic heterocycles. The van der Waals surface area contributed by atoms with Crippen molar-refractivity contribution in [3.05, 3.63) is 57.6 Å². The van der Waals surface area contributed by atoms with Crippen LogP contribution in [-0.2, 0) is 17.6 Å². The highest BCUT2D eigenvalue weighted by atomic mass is 35.5. The fourth-order valence-electron chi connectivity index (χ4n) is 2.67. The summed E-state index contributed by atoms with van der Waals surface area (Å²) in [6.45, 7) is 5.19. The van der Waals surface area contributed by atoms with E-state index in [0.29, 0.717) is 50.6 Å². The molecule has 0 fully saturated rings. The third kappa shape index (κ3) is 2.82. The Bertz CT molecular complexity index is 882. The van der Waals surface area contributed by atoms with Gasteiger partial charge in [0.2, 0.25) is 0 Å². The predicted octanol–water partition coefficient (Wildman–Crippen LogP) is 4.90. The van der Waals surface area contributed by atoms with Crippen LogP contribution in [0.15, 0.2) is 41.5 Å². The van der Waals surface area contributed by atoms with Gasteiger partial charge in [0.05, 0.1) is 0 Å². The summed E-state index contributed by atoms with van der Waals surface area (Å²) in [6.07, 6.45) is 2.71. The molecule has 2 aromatic rings. The molecule has 0 spiro atoms. The molecule has 0 bridgehead atoms. The quantitative estimate of drug-likeness (QED) is 0.476. The minimum absolute atomic E-state index is 0.146. The molecule has 3 rings (SSSR count). The number of hydrogen-bond acceptors (Lipinski definition) is 3. The molecule has 1 aliphatic carbocycles. The fraction of sp³-hybridized carbons (Fsp3) is 0.167. The molecule has 2 aromatic carbocycles. The average Bonchev–Trinajstić information content (AvgIpc) is 2.51. The van der Waals surface area contributed by atoms with Gasteiger partial charge in [0, 0.05) is 43.9 Å². The lowest BCUT2D eigenvalue weighted by Gasteiger charge is -2.21. The van der Waals surface area contributed by atoms with Gasteiger partial charge in [-0.2, -0.15) is 0 Å².